The van der Waals surface area contributed by atoms with Crippen molar-refractivity contribution in [3.8, 4) is 0 Å². The number of Topliss-reactive ketones (excluding diaryl/α,β-unsaturated/α-hetero) is 7. The molecule has 5 aromatic rings. The summed E-state index contributed by atoms with van der Waals surface area (Å²) in [5.74, 6) is -22.4. The number of anilines is 2. The third kappa shape index (κ3) is 28.3. The number of hydrogen-bond acceptors (Lipinski definition) is 20. The molecule has 0 spiro atoms. The van der Waals surface area contributed by atoms with Crippen LogP contribution in [0.5, 0.6) is 0 Å². The Hall–Kier alpha value is -9.40. The summed E-state index contributed by atoms with van der Waals surface area (Å²) in [6, 6.07) is 7.14. The number of alkyl halides is 10. The largest absolute Gasteiger partial charge is 0.479 e. The average Bonchev–Trinajstić information content (AvgIpc) is 0.875. The number of aromatic nitrogens is 10. The van der Waals surface area contributed by atoms with E-state index < -0.39 is 198 Å². The fraction of sp³-hybridized carbons (Fsp3) is 0.708. The van der Waals surface area contributed by atoms with Crippen LogP contribution in [0.2, 0.25) is 0 Å². The first-order valence-corrected chi connectivity index (χ1v) is 43.0. The summed E-state index contributed by atoms with van der Waals surface area (Å²) in [7, 11) is 8.56. The molecule has 29 nitrogen and oxygen atoms in total. The van der Waals surface area contributed by atoms with Gasteiger partial charge in [-0.05, 0) is 98.3 Å². The van der Waals surface area contributed by atoms with Gasteiger partial charge in [-0.1, -0.05) is 94.4 Å². The minimum Gasteiger partial charge on any atom is -0.479 e. The van der Waals surface area contributed by atoms with E-state index in [9.17, 15) is 107 Å². The number of nitrogens with one attached hydrogen (secondary N) is 3. The van der Waals surface area contributed by atoms with Crippen LogP contribution in [-0.4, -0.2) is 193 Å². The van der Waals surface area contributed by atoms with Crippen LogP contribution in [0, 0.1) is 49.7 Å². The highest BCUT2D eigenvalue weighted by molar-refractivity contribution is 6.44. The highest BCUT2D eigenvalue weighted by Gasteiger charge is 2.66. The molecule has 0 aliphatic heterocycles. The van der Waals surface area contributed by atoms with Crippen molar-refractivity contribution in [1.29, 1.82) is 0 Å². The number of aliphatic hydroxyl groups excluding tert-OH is 3. The van der Waals surface area contributed by atoms with Crippen LogP contribution in [0.15, 0.2) is 61.3 Å². The van der Waals surface area contributed by atoms with Gasteiger partial charge in [-0.15, -0.1) is 0 Å². The second-order valence-corrected chi connectivity index (χ2v) is 39.4. The zero-order valence-electron chi connectivity index (χ0n) is 74.6. The van der Waals surface area contributed by atoms with Gasteiger partial charge in [-0.25, -0.2) is 48.7 Å². The maximum absolute atomic E-state index is 13.8. The molecule has 8 aliphatic carbocycles. The molecule has 8 saturated carbocycles. The van der Waals surface area contributed by atoms with E-state index in [2.05, 4.69) is 55.3 Å². The molecule has 0 saturated heterocycles. The van der Waals surface area contributed by atoms with Gasteiger partial charge in [-0.3, -0.25) is 71.4 Å². The molecule has 8 aliphatic rings. The number of rotatable bonds is 32. The lowest BCUT2D eigenvalue weighted by molar-refractivity contribution is -0.204. The van der Waals surface area contributed by atoms with Crippen molar-refractivity contribution in [2.75, 3.05) is 11.1 Å². The lowest BCUT2D eigenvalue weighted by atomic mass is 9.58. The standard InChI is InChI=1S/C22H32F2N2O3.C22H30F2N2O3.C21H29F2N5O4.C12H16F2N2O2.C7H10F2O3.C4H7N3.CH4/c2*1-15(11-20(2)7-4-5-8-20)18(28)12-21(13-22(23,24)14-21)19(29)17(27)10-16-6-9-26(3)25-16;1-13(29)24-14(10-19(2)7-4-5-8-19)17(31)26-20(11-21(22,23)12-20)16(30)18(32)25-15-6-9-28(3)27-15;1-11(6-12(13,14)7-11)10(18)9(17)5-8-3-4-16(2)15-8;1-6(4(10)5(11)12)2-7(8,9)3-6;1-7-3-2-4(5)6-7;/h6,9,15,19,29H,4-5,7-8,10-14H2,1-3H3;6,9,15H,4-5,7-8,10-14H2,1-3H3;6,9,14H,4-5,7-8,10-12H2,1-3H3,(H,24,29)(H,26,31)(H,25,27,32);3-4,10,18H,5-7H2,1-2H3;4,10H,2-3H2,1H3,(H,11,12);2-3H,1H3,(H2,5,6);1H4/t15-,19?;15-;14-;;;;/m000..../s1. The fourth-order valence-electron chi connectivity index (χ4n) is 19.9. The topological polar surface area (TPSA) is 420 Å². The molecule has 0 aromatic carbocycles. The van der Waals surface area contributed by atoms with E-state index >= 15 is 0 Å². The quantitative estimate of drug-likeness (QED) is 0.0146. The van der Waals surface area contributed by atoms with Gasteiger partial charge in [-0.2, -0.15) is 25.5 Å². The number of nitrogens with two attached hydrogens (primary N) is 1. The predicted molar refractivity (Wildman–Crippen MR) is 449 cm³/mol. The molecule has 3 unspecified atom stereocenters. The highest BCUT2D eigenvalue weighted by Crippen LogP contribution is 2.60. The SMILES string of the molecule is C.CC(=O)N[C@@H](CC1(C)CCCC1)C(=O)NC1(C(=O)C(=O)Nc2ccn(C)n2)CC(F)(F)C1.CC1(C(O)C(=O)O)CC(F)(F)C1.C[C@@H](CC1(C)CCCC1)C(=O)CC1(C(=O)C(=O)Cc2ccn(C)n2)CC(F)(F)C1.C[C@@H](CC1(C)CCCC1)C(=O)CC1(C(O)C(=O)Cc2ccn(C)n2)CC(F)(F)C1.Cn1ccc(CC(=O)C(O)C2(C)CC(F)(F)C2)n1.Cn1ccc(N)n1. The lowest BCUT2D eigenvalue weighted by Crippen LogP contribution is -2.70. The number of amides is 3. The van der Waals surface area contributed by atoms with E-state index in [1.54, 1.807) is 86.6 Å². The van der Waals surface area contributed by atoms with Crippen LogP contribution in [0.3, 0.4) is 0 Å². The number of aliphatic carboxylic acids is 1. The van der Waals surface area contributed by atoms with E-state index in [4.69, 9.17) is 15.9 Å². The highest BCUT2D eigenvalue weighted by atomic mass is 19.3. The van der Waals surface area contributed by atoms with Crippen molar-refractivity contribution in [3.63, 3.8) is 0 Å². The Morgan fingerprint density at radius 1 is 0.445 bits per heavy atom. The number of halogens is 10. The third-order valence-corrected chi connectivity index (χ3v) is 26.3. The first kappa shape index (κ1) is 106. The van der Waals surface area contributed by atoms with Gasteiger partial charge >= 0.3 is 5.97 Å². The second kappa shape index (κ2) is 40.9. The summed E-state index contributed by atoms with van der Waals surface area (Å²) < 4.78 is 141. The van der Waals surface area contributed by atoms with E-state index in [1.807, 2.05) is 27.8 Å². The number of carboxylic acid groups (broad SMARTS) is 1. The number of aliphatic hydroxyl groups is 3. The number of carbonyl (C=O) groups excluding carboxylic acids is 10. The maximum Gasteiger partial charge on any atom is 0.333 e. The summed E-state index contributed by atoms with van der Waals surface area (Å²) in [6.07, 6.45) is 10.7. The normalized spacial score (nSPS) is 22.0. The second-order valence-electron chi connectivity index (χ2n) is 39.4. The van der Waals surface area contributed by atoms with E-state index in [0.717, 1.165) is 83.5 Å². The van der Waals surface area contributed by atoms with Crippen LogP contribution in [0.1, 0.15) is 253 Å². The third-order valence-electron chi connectivity index (χ3n) is 26.3. The average molecular weight is 1820 g/mol. The fourth-order valence-corrected chi connectivity index (χ4v) is 19.9. The van der Waals surface area contributed by atoms with Crippen molar-refractivity contribution in [3.05, 3.63) is 78.4 Å². The van der Waals surface area contributed by atoms with Gasteiger partial charge in [0.25, 0.3) is 11.8 Å². The molecule has 128 heavy (non-hydrogen) atoms. The Bertz CT molecular complexity index is 4710. The molecule has 8 fully saturated rings. The number of nitrogens with zero attached hydrogens (tertiary/aromatic N) is 10. The van der Waals surface area contributed by atoms with Gasteiger partial charge in [0.2, 0.25) is 52.9 Å². The summed E-state index contributed by atoms with van der Waals surface area (Å²) >= 11 is 0. The van der Waals surface area contributed by atoms with Gasteiger partial charge in [0.1, 0.15) is 41.2 Å². The van der Waals surface area contributed by atoms with Crippen LogP contribution in [-0.2, 0) is 107 Å². The number of carboxylic acids is 1. The molecular formula is C89H128F10N14O15. The Morgan fingerprint density at radius 3 is 1.15 bits per heavy atom. The van der Waals surface area contributed by atoms with Gasteiger partial charge in [0.15, 0.2) is 23.5 Å². The zero-order valence-corrected chi connectivity index (χ0v) is 74.6. The van der Waals surface area contributed by atoms with Crippen molar-refractivity contribution in [2.45, 2.75) is 315 Å². The number of aryl methyl sites for hydroxylation is 5. The molecule has 0 bridgehead atoms. The lowest BCUT2D eigenvalue weighted by Gasteiger charge is -2.49. The predicted octanol–water partition coefficient (Wildman–Crippen LogP) is 12.5. The number of hydrogen-bond donors (Lipinski definition) is 8. The van der Waals surface area contributed by atoms with Gasteiger partial charge in [0, 0.05) is 184 Å². The van der Waals surface area contributed by atoms with Crippen LogP contribution in [0.25, 0.3) is 0 Å². The minimum atomic E-state index is -3.19. The van der Waals surface area contributed by atoms with Gasteiger partial charge < -0.3 is 42.1 Å². The first-order valence-electron chi connectivity index (χ1n) is 43.0. The monoisotopic (exact) mass is 1820 g/mol. The van der Waals surface area contributed by atoms with Crippen LogP contribution in [0.4, 0.5) is 55.5 Å². The Morgan fingerprint density at radius 2 is 0.805 bits per heavy atom. The van der Waals surface area contributed by atoms with Crippen molar-refractivity contribution in [2.24, 2.45) is 85.0 Å². The smallest absolute Gasteiger partial charge is 0.333 e. The molecule has 714 valence electrons. The summed E-state index contributed by atoms with van der Waals surface area (Å²) in [4.78, 5) is 136. The molecule has 6 atom stereocenters. The van der Waals surface area contributed by atoms with E-state index in [1.165, 1.54) is 47.1 Å². The number of ketones is 7. The Labute approximate surface area is 738 Å². The molecule has 5 aromatic heterocycles. The molecule has 39 heteroatoms. The van der Waals surface area contributed by atoms with Crippen molar-refractivity contribution >= 4 is 75.8 Å². The summed E-state index contributed by atoms with van der Waals surface area (Å²) in [5, 5.41) is 65.1. The van der Waals surface area contributed by atoms with Crippen molar-refractivity contribution in [1.82, 2.24) is 59.5 Å². The Kier molecular flexibility index (Phi) is 33.8. The molecule has 13 rings (SSSR count). The van der Waals surface area contributed by atoms with Crippen LogP contribution < -0.4 is 21.7 Å². The molecule has 3 amide bonds. The first-order chi connectivity index (χ1) is 58.5. The van der Waals surface area contributed by atoms with E-state index in [-0.39, 0.29) is 85.0 Å². The zero-order chi connectivity index (χ0) is 95.0. The molecule has 9 N–H and O–H groups in total. The summed E-state index contributed by atoms with van der Waals surface area (Å²) in [6.45, 7) is 14.2. The maximum atomic E-state index is 13.8. The molecular weight excluding hydrogens is 1700 g/mol. The minimum absolute atomic E-state index is 0. The Balaban J connectivity index is 0.000000220. The number of nitrogen functional groups attached to an aromatic ring is 1. The van der Waals surface area contributed by atoms with Crippen molar-refractivity contribution < 1.29 is 117 Å². The summed E-state index contributed by atoms with van der Waals surface area (Å²) in [5.41, 5.74) is -0.391. The van der Waals surface area contributed by atoms with Gasteiger partial charge in [0.05, 0.1) is 41.8 Å². The van der Waals surface area contributed by atoms with Crippen LogP contribution >= 0.6 is 0 Å². The molecule has 5 heterocycles. The number of carbonyl (C=O) groups is 11. The van der Waals surface area contributed by atoms with E-state index in [0.29, 0.717) is 35.7 Å². The molecule has 0 radical (unpaired) electrons.